The van der Waals surface area contributed by atoms with E-state index >= 15 is 0 Å². The molecule has 1 N–H and O–H groups in total. The highest BCUT2D eigenvalue weighted by atomic mass is 16.5. The van der Waals surface area contributed by atoms with E-state index in [1.165, 1.54) is 0 Å². The van der Waals surface area contributed by atoms with Gasteiger partial charge in [0.15, 0.2) is 0 Å². The average Bonchev–Trinajstić information content (AvgIpc) is 3.05. The molecule has 206 valence electrons. The fourth-order valence-corrected chi connectivity index (χ4v) is 5.14. The van der Waals surface area contributed by atoms with Crippen LogP contribution in [0.5, 0.6) is 0 Å². The van der Waals surface area contributed by atoms with Crippen molar-refractivity contribution >= 4 is 17.4 Å². The van der Waals surface area contributed by atoms with Gasteiger partial charge in [0.25, 0.3) is 5.91 Å². The van der Waals surface area contributed by atoms with Crippen LogP contribution in [0.3, 0.4) is 0 Å². The SMILES string of the molecule is Cc1n[nH]c2c1C(C)(C)CN(C(=O)C1=CC=C(OCCCN3CCOCC3)C=CC1)C=C2C(=O)OC(C)C. The van der Waals surface area contributed by atoms with Gasteiger partial charge in [-0.3, -0.25) is 14.8 Å². The molecule has 0 saturated carbocycles. The molecule has 0 atom stereocenters. The van der Waals surface area contributed by atoms with Crippen molar-refractivity contribution < 1.29 is 23.8 Å². The maximum absolute atomic E-state index is 13.8. The Morgan fingerprint density at radius 2 is 1.97 bits per heavy atom. The third kappa shape index (κ3) is 6.63. The predicted molar refractivity (Wildman–Crippen MR) is 145 cm³/mol. The summed E-state index contributed by atoms with van der Waals surface area (Å²) in [4.78, 5) is 30.8. The third-order valence-electron chi connectivity index (χ3n) is 6.90. The Morgan fingerprint density at radius 1 is 1.21 bits per heavy atom. The van der Waals surface area contributed by atoms with Gasteiger partial charge in [-0.1, -0.05) is 19.9 Å². The summed E-state index contributed by atoms with van der Waals surface area (Å²) in [5.41, 5.74) is 2.81. The van der Waals surface area contributed by atoms with Gasteiger partial charge in [0, 0.05) is 48.9 Å². The van der Waals surface area contributed by atoms with Crippen molar-refractivity contribution in [3.63, 3.8) is 0 Å². The normalized spacial score (nSPS) is 19.6. The molecule has 0 aromatic carbocycles. The maximum Gasteiger partial charge on any atom is 0.342 e. The maximum atomic E-state index is 13.8. The second-order valence-corrected chi connectivity index (χ2v) is 10.9. The molecule has 9 heteroatoms. The smallest absolute Gasteiger partial charge is 0.342 e. The Kier molecular flexibility index (Phi) is 8.89. The van der Waals surface area contributed by atoms with Gasteiger partial charge in [0.1, 0.15) is 11.3 Å². The van der Waals surface area contributed by atoms with Crippen LogP contribution < -0.4 is 0 Å². The van der Waals surface area contributed by atoms with Crippen LogP contribution in [-0.2, 0) is 29.2 Å². The number of amides is 1. The molecule has 0 unspecified atom stereocenters. The summed E-state index contributed by atoms with van der Waals surface area (Å²) in [5.74, 6) is 0.0975. The van der Waals surface area contributed by atoms with Crippen LogP contribution in [0, 0.1) is 6.92 Å². The largest absolute Gasteiger partial charge is 0.494 e. The number of H-pyrrole nitrogens is 1. The van der Waals surface area contributed by atoms with E-state index in [1.54, 1.807) is 24.9 Å². The number of carbonyl (C=O) groups is 2. The molecule has 1 aromatic rings. The van der Waals surface area contributed by atoms with E-state index in [-0.39, 0.29) is 12.0 Å². The van der Waals surface area contributed by atoms with Gasteiger partial charge in [0.05, 0.1) is 37.3 Å². The van der Waals surface area contributed by atoms with Gasteiger partial charge in [-0.05, 0) is 51.8 Å². The number of nitrogens with zero attached hydrogens (tertiary/aromatic N) is 3. The first-order chi connectivity index (χ1) is 18.2. The predicted octanol–water partition coefficient (Wildman–Crippen LogP) is 3.64. The number of hydrogen-bond acceptors (Lipinski definition) is 7. The summed E-state index contributed by atoms with van der Waals surface area (Å²) in [6.07, 6.45) is 10.3. The van der Waals surface area contributed by atoms with Crippen LogP contribution in [0.1, 0.15) is 57.5 Å². The molecule has 38 heavy (non-hydrogen) atoms. The first-order valence-electron chi connectivity index (χ1n) is 13.5. The molecule has 1 fully saturated rings. The lowest BCUT2D eigenvalue weighted by Gasteiger charge is -2.30. The van der Waals surface area contributed by atoms with Crippen molar-refractivity contribution in [1.29, 1.82) is 0 Å². The van der Waals surface area contributed by atoms with Crippen LogP contribution in [0.25, 0.3) is 5.57 Å². The van der Waals surface area contributed by atoms with Crippen LogP contribution >= 0.6 is 0 Å². The Balaban J connectivity index is 1.49. The summed E-state index contributed by atoms with van der Waals surface area (Å²) < 4.78 is 16.9. The molecule has 0 bridgehead atoms. The molecule has 0 spiro atoms. The number of morpholine rings is 1. The van der Waals surface area contributed by atoms with E-state index in [4.69, 9.17) is 14.2 Å². The Labute approximate surface area is 225 Å². The summed E-state index contributed by atoms with van der Waals surface area (Å²) in [7, 11) is 0. The fraction of sp³-hybridized carbons (Fsp3) is 0.552. The van der Waals surface area contributed by atoms with Crippen LogP contribution in [0.4, 0.5) is 0 Å². The van der Waals surface area contributed by atoms with Gasteiger partial charge in [-0.2, -0.15) is 5.10 Å². The van der Waals surface area contributed by atoms with E-state index < -0.39 is 11.4 Å². The minimum atomic E-state index is -0.484. The van der Waals surface area contributed by atoms with Crippen LogP contribution in [0.15, 0.2) is 41.8 Å². The molecule has 1 saturated heterocycles. The first kappa shape index (κ1) is 27.9. The third-order valence-corrected chi connectivity index (χ3v) is 6.90. The number of carbonyl (C=O) groups excluding carboxylic acids is 2. The minimum absolute atomic E-state index is 0.154. The summed E-state index contributed by atoms with van der Waals surface area (Å²) in [5, 5.41) is 7.37. The molecule has 9 nitrogen and oxygen atoms in total. The van der Waals surface area contributed by atoms with Gasteiger partial charge in [-0.15, -0.1) is 0 Å². The molecule has 3 aliphatic rings. The van der Waals surface area contributed by atoms with E-state index in [9.17, 15) is 9.59 Å². The molecule has 1 aliphatic carbocycles. The van der Waals surface area contributed by atoms with Crippen LogP contribution in [-0.4, -0.2) is 84.0 Å². The lowest BCUT2D eigenvalue weighted by Crippen LogP contribution is -2.37. The second-order valence-electron chi connectivity index (χ2n) is 10.9. The highest BCUT2D eigenvalue weighted by molar-refractivity contribution is 6.17. The number of allylic oxidation sites excluding steroid dienone is 4. The zero-order chi connectivity index (χ0) is 27.3. The average molecular weight is 525 g/mol. The number of esters is 1. The molecular formula is C29H40N4O5. The quantitative estimate of drug-likeness (QED) is 0.410. The number of aryl methyl sites for hydroxylation is 1. The van der Waals surface area contributed by atoms with Gasteiger partial charge in [-0.25, -0.2) is 4.79 Å². The van der Waals surface area contributed by atoms with Crippen molar-refractivity contribution in [2.45, 2.75) is 59.0 Å². The highest BCUT2D eigenvalue weighted by Crippen LogP contribution is 2.37. The molecule has 1 amide bonds. The number of rotatable bonds is 8. The van der Waals surface area contributed by atoms with E-state index in [2.05, 4.69) is 28.9 Å². The Hall–Kier alpha value is -3.17. The molecular weight excluding hydrogens is 484 g/mol. The van der Waals surface area contributed by atoms with E-state index in [1.807, 2.05) is 31.2 Å². The van der Waals surface area contributed by atoms with Crippen molar-refractivity contribution in [2.75, 3.05) is 46.0 Å². The highest BCUT2D eigenvalue weighted by Gasteiger charge is 2.38. The first-order valence-corrected chi connectivity index (χ1v) is 13.5. The number of aromatic nitrogens is 2. The Bertz CT molecular complexity index is 1150. The number of hydrogen-bond donors (Lipinski definition) is 1. The van der Waals surface area contributed by atoms with E-state index in [0.717, 1.165) is 56.3 Å². The van der Waals surface area contributed by atoms with Crippen molar-refractivity contribution in [1.82, 2.24) is 20.0 Å². The standard InChI is InChI=1S/C29H40N4O5/c1-20(2)38-28(35)24-18-33(19-29(4,5)25-21(3)30-31-26(24)25)27(34)22-8-6-9-23(11-10-22)37-15-7-12-32-13-16-36-17-14-32/h6,9-11,18,20H,7-8,12-17,19H2,1-5H3,(H,30,31). The molecule has 1 aromatic heterocycles. The Morgan fingerprint density at radius 3 is 2.71 bits per heavy atom. The second kappa shape index (κ2) is 12.1. The number of ether oxygens (including phenoxy) is 3. The van der Waals surface area contributed by atoms with Crippen molar-refractivity contribution in [3.05, 3.63) is 58.8 Å². The summed E-state index contributed by atoms with van der Waals surface area (Å²) >= 11 is 0. The zero-order valence-corrected chi connectivity index (χ0v) is 23.2. The summed E-state index contributed by atoms with van der Waals surface area (Å²) in [6, 6.07) is 0. The fourth-order valence-electron chi connectivity index (χ4n) is 5.14. The number of aromatic amines is 1. The monoisotopic (exact) mass is 524 g/mol. The number of fused-ring (bicyclic) bond motifs is 1. The van der Waals surface area contributed by atoms with Gasteiger partial charge < -0.3 is 19.1 Å². The number of nitrogens with one attached hydrogen (secondary N) is 1. The molecule has 3 heterocycles. The minimum Gasteiger partial charge on any atom is -0.494 e. The lowest BCUT2D eigenvalue weighted by molar-refractivity contribution is -0.140. The van der Waals surface area contributed by atoms with Gasteiger partial charge >= 0.3 is 5.97 Å². The van der Waals surface area contributed by atoms with Gasteiger partial charge in [0.2, 0.25) is 0 Å². The molecule has 4 rings (SSSR count). The van der Waals surface area contributed by atoms with E-state index in [0.29, 0.717) is 36.4 Å². The molecule has 2 aliphatic heterocycles. The zero-order valence-electron chi connectivity index (χ0n) is 23.2. The van der Waals surface area contributed by atoms with Crippen molar-refractivity contribution in [3.8, 4) is 0 Å². The lowest BCUT2D eigenvalue weighted by atomic mass is 9.82. The van der Waals surface area contributed by atoms with Crippen molar-refractivity contribution in [2.24, 2.45) is 0 Å². The summed E-state index contributed by atoms with van der Waals surface area (Å²) in [6.45, 7) is 15.1. The topological polar surface area (TPSA) is 97.0 Å². The van der Waals surface area contributed by atoms with Crippen LogP contribution in [0.2, 0.25) is 0 Å². The molecule has 0 radical (unpaired) electrons.